The van der Waals surface area contributed by atoms with Gasteiger partial charge in [0.1, 0.15) is 5.75 Å². The van der Waals surface area contributed by atoms with Crippen LogP contribution in [0.25, 0.3) is 0 Å². The van der Waals surface area contributed by atoms with Crippen molar-refractivity contribution < 1.29 is 9.53 Å². The number of guanidine groups is 1. The Morgan fingerprint density at radius 3 is 2.58 bits per heavy atom. The molecule has 2 amide bonds. The molecule has 0 aliphatic carbocycles. The standard InChI is InChI=1S/C13H20N4O2/c1-4-9-8-10(19-5-2)6-7-11(9)17(3)13(18)16-12(14)15/h6-8H,4-5H2,1-3H3,(H4,14,15,16,18). The molecular formula is C13H20N4O2. The first-order valence-corrected chi connectivity index (χ1v) is 6.12. The third kappa shape index (κ3) is 3.87. The Hall–Kier alpha value is -2.24. The van der Waals surface area contributed by atoms with Crippen molar-refractivity contribution in [3.05, 3.63) is 23.8 Å². The van der Waals surface area contributed by atoms with Crippen LogP contribution in [0, 0.1) is 0 Å². The predicted octanol–water partition coefficient (Wildman–Crippen LogP) is 1.48. The van der Waals surface area contributed by atoms with Crippen LogP contribution in [-0.4, -0.2) is 25.6 Å². The maximum atomic E-state index is 11.8. The summed E-state index contributed by atoms with van der Waals surface area (Å²) in [5.74, 6) is 0.534. The second kappa shape index (κ2) is 6.63. The fourth-order valence-corrected chi connectivity index (χ4v) is 1.72. The Morgan fingerprint density at radius 2 is 2.05 bits per heavy atom. The SMILES string of the molecule is CCOc1ccc(N(C)C(=O)N=C(N)N)c(CC)c1. The number of nitrogens with zero attached hydrogens (tertiary/aromatic N) is 2. The van der Waals surface area contributed by atoms with E-state index in [1.165, 1.54) is 4.90 Å². The lowest BCUT2D eigenvalue weighted by atomic mass is 10.1. The molecule has 0 heterocycles. The predicted molar refractivity (Wildman–Crippen MR) is 76.6 cm³/mol. The molecular weight excluding hydrogens is 244 g/mol. The summed E-state index contributed by atoms with van der Waals surface area (Å²) in [5, 5.41) is 0. The van der Waals surface area contributed by atoms with Crippen LogP contribution in [0.5, 0.6) is 5.75 Å². The highest BCUT2D eigenvalue weighted by molar-refractivity contribution is 5.99. The molecule has 0 radical (unpaired) electrons. The van der Waals surface area contributed by atoms with Crippen LogP contribution in [0.3, 0.4) is 0 Å². The van der Waals surface area contributed by atoms with Gasteiger partial charge in [-0.2, -0.15) is 4.99 Å². The molecule has 0 spiro atoms. The average Bonchev–Trinajstić information content (AvgIpc) is 2.37. The third-order valence-corrected chi connectivity index (χ3v) is 2.62. The summed E-state index contributed by atoms with van der Waals surface area (Å²) >= 11 is 0. The van der Waals surface area contributed by atoms with E-state index in [4.69, 9.17) is 16.2 Å². The van der Waals surface area contributed by atoms with Crippen LogP contribution in [0.2, 0.25) is 0 Å². The molecule has 0 aliphatic heterocycles. The molecule has 0 aliphatic rings. The topological polar surface area (TPSA) is 93.9 Å². The zero-order chi connectivity index (χ0) is 14.4. The number of ether oxygens (including phenoxy) is 1. The molecule has 104 valence electrons. The van der Waals surface area contributed by atoms with Crippen LogP contribution >= 0.6 is 0 Å². The number of hydrogen-bond acceptors (Lipinski definition) is 2. The van der Waals surface area contributed by atoms with Crippen LogP contribution in [0.4, 0.5) is 10.5 Å². The molecule has 0 fully saturated rings. The number of amides is 2. The number of benzene rings is 1. The largest absolute Gasteiger partial charge is 0.494 e. The van der Waals surface area contributed by atoms with Gasteiger partial charge in [0.15, 0.2) is 5.96 Å². The second-order valence-corrected chi connectivity index (χ2v) is 3.96. The fourth-order valence-electron chi connectivity index (χ4n) is 1.72. The highest BCUT2D eigenvalue weighted by Gasteiger charge is 2.14. The number of hydrogen-bond donors (Lipinski definition) is 2. The van der Waals surface area contributed by atoms with Crippen LogP contribution in [0.15, 0.2) is 23.2 Å². The number of carbonyl (C=O) groups excluding carboxylic acids is 1. The van der Waals surface area contributed by atoms with Gasteiger partial charge < -0.3 is 16.2 Å². The Bertz CT molecular complexity index is 482. The highest BCUT2D eigenvalue weighted by Crippen LogP contribution is 2.25. The molecule has 6 heteroatoms. The number of carbonyl (C=O) groups is 1. The van der Waals surface area contributed by atoms with E-state index in [0.29, 0.717) is 6.61 Å². The molecule has 6 nitrogen and oxygen atoms in total. The molecule has 19 heavy (non-hydrogen) atoms. The molecule has 0 aromatic heterocycles. The van der Waals surface area contributed by atoms with Gasteiger partial charge in [0.05, 0.1) is 6.61 Å². The maximum absolute atomic E-state index is 11.8. The Labute approximate surface area is 113 Å². The molecule has 0 unspecified atom stereocenters. The smallest absolute Gasteiger partial charge is 0.350 e. The van der Waals surface area contributed by atoms with Gasteiger partial charge in [-0.3, -0.25) is 4.90 Å². The van der Waals surface area contributed by atoms with Crippen molar-refractivity contribution in [2.45, 2.75) is 20.3 Å². The summed E-state index contributed by atoms with van der Waals surface area (Å²) in [5.41, 5.74) is 12.2. The Morgan fingerprint density at radius 1 is 1.37 bits per heavy atom. The zero-order valence-electron chi connectivity index (χ0n) is 11.5. The van der Waals surface area contributed by atoms with E-state index in [9.17, 15) is 4.79 Å². The van der Waals surface area contributed by atoms with Crippen molar-refractivity contribution in [3.63, 3.8) is 0 Å². The van der Waals surface area contributed by atoms with E-state index in [0.717, 1.165) is 23.4 Å². The quantitative estimate of drug-likeness (QED) is 0.636. The van der Waals surface area contributed by atoms with Crippen molar-refractivity contribution in [2.75, 3.05) is 18.6 Å². The summed E-state index contributed by atoms with van der Waals surface area (Å²) in [6.45, 7) is 4.53. The summed E-state index contributed by atoms with van der Waals surface area (Å²) in [4.78, 5) is 16.7. The van der Waals surface area contributed by atoms with Gasteiger partial charge in [0.25, 0.3) is 0 Å². The van der Waals surface area contributed by atoms with Gasteiger partial charge in [0, 0.05) is 12.7 Å². The maximum Gasteiger partial charge on any atom is 0.350 e. The lowest BCUT2D eigenvalue weighted by molar-refractivity contribution is 0.255. The minimum atomic E-state index is -0.501. The zero-order valence-corrected chi connectivity index (χ0v) is 11.5. The fraction of sp³-hybridized carbons (Fsp3) is 0.385. The number of anilines is 1. The van der Waals surface area contributed by atoms with Gasteiger partial charge in [0.2, 0.25) is 0 Å². The summed E-state index contributed by atoms with van der Waals surface area (Å²) in [7, 11) is 1.63. The van der Waals surface area contributed by atoms with Gasteiger partial charge >= 0.3 is 6.03 Å². The highest BCUT2D eigenvalue weighted by atomic mass is 16.5. The van der Waals surface area contributed by atoms with Gasteiger partial charge in [-0.15, -0.1) is 0 Å². The van der Waals surface area contributed by atoms with E-state index in [-0.39, 0.29) is 5.96 Å². The lowest BCUT2D eigenvalue weighted by Crippen LogP contribution is -2.30. The third-order valence-electron chi connectivity index (χ3n) is 2.62. The van der Waals surface area contributed by atoms with Crippen LogP contribution in [0.1, 0.15) is 19.4 Å². The number of aryl methyl sites for hydroxylation is 1. The Balaban J connectivity index is 3.05. The molecule has 1 rings (SSSR count). The molecule has 0 saturated heterocycles. The molecule has 1 aromatic carbocycles. The van der Waals surface area contributed by atoms with E-state index < -0.39 is 6.03 Å². The minimum absolute atomic E-state index is 0.249. The van der Waals surface area contributed by atoms with Crippen LogP contribution in [-0.2, 0) is 6.42 Å². The summed E-state index contributed by atoms with van der Waals surface area (Å²) in [6, 6.07) is 5.05. The Kier molecular flexibility index (Phi) is 5.17. The number of urea groups is 1. The van der Waals surface area contributed by atoms with E-state index >= 15 is 0 Å². The van der Waals surface area contributed by atoms with Crippen molar-refractivity contribution in [1.29, 1.82) is 0 Å². The first-order valence-electron chi connectivity index (χ1n) is 6.12. The van der Waals surface area contributed by atoms with E-state index in [2.05, 4.69) is 4.99 Å². The van der Waals surface area contributed by atoms with E-state index in [1.54, 1.807) is 7.05 Å². The molecule has 0 atom stereocenters. The van der Waals surface area contributed by atoms with Crippen molar-refractivity contribution >= 4 is 17.7 Å². The molecule has 0 bridgehead atoms. The minimum Gasteiger partial charge on any atom is -0.494 e. The molecule has 0 saturated carbocycles. The monoisotopic (exact) mass is 264 g/mol. The summed E-state index contributed by atoms with van der Waals surface area (Å²) in [6.07, 6.45) is 0.774. The normalized spacial score (nSPS) is 9.84. The van der Waals surface area contributed by atoms with Crippen molar-refractivity contribution in [3.8, 4) is 5.75 Å². The number of nitrogens with two attached hydrogens (primary N) is 2. The first-order chi connectivity index (χ1) is 8.99. The van der Waals surface area contributed by atoms with Gasteiger partial charge in [-0.05, 0) is 37.1 Å². The number of rotatable bonds is 4. The van der Waals surface area contributed by atoms with E-state index in [1.807, 2.05) is 32.0 Å². The van der Waals surface area contributed by atoms with Crippen LogP contribution < -0.4 is 21.1 Å². The number of aliphatic imine (C=N–C) groups is 1. The second-order valence-electron chi connectivity index (χ2n) is 3.96. The molecule has 4 N–H and O–H groups in total. The molecule has 1 aromatic rings. The summed E-state index contributed by atoms with van der Waals surface area (Å²) < 4.78 is 5.44. The first kappa shape index (κ1) is 14.8. The average molecular weight is 264 g/mol. The lowest BCUT2D eigenvalue weighted by Gasteiger charge is -2.19. The van der Waals surface area contributed by atoms with Gasteiger partial charge in [-0.1, -0.05) is 6.92 Å². The van der Waals surface area contributed by atoms with Gasteiger partial charge in [-0.25, -0.2) is 4.79 Å². The van der Waals surface area contributed by atoms with Crippen molar-refractivity contribution in [1.82, 2.24) is 0 Å². The van der Waals surface area contributed by atoms with Crippen molar-refractivity contribution in [2.24, 2.45) is 16.5 Å².